The van der Waals surface area contributed by atoms with Gasteiger partial charge < -0.3 is 0 Å². The maximum absolute atomic E-state index is 4.19. The molecule has 1 aliphatic rings. The third-order valence-corrected chi connectivity index (χ3v) is 6.07. The van der Waals surface area contributed by atoms with Gasteiger partial charge in [0.2, 0.25) is 0 Å². The Hall–Kier alpha value is -0.520. The smallest absolute Gasteiger partial charge is 0.0143 e. The molecule has 0 aromatic carbocycles. The van der Waals surface area contributed by atoms with E-state index in [2.05, 4.69) is 34.3 Å². The molecule has 2 unspecified atom stereocenters. The molecule has 1 rings (SSSR count). The second-order valence-corrected chi connectivity index (χ2v) is 8.00. The molecule has 0 saturated carbocycles. The molecule has 0 heterocycles. The summed E-state index contributed by atoms with van der Waals surface area (Å²) < 4.78 is 0. The van der Waals surface area contributed by atoms with E-state index in [9.17, 15) is 0 Å². The van der Waals surface area contributed by atoms with E-state index in [4.69, 9.17) is 0 Å². The SMILES string of the molecule is C=C(C)C1CCC(CCCCCCCCCCCC)=C(C)C1C. The summed E-state index contributed by atoms with van der Waals surface area (Å²) in [5.74, 6) is 1.45. The predicted molar refractivity (Wildman–Crippen MR) is 106 cm³/mol. The fourth-order valence-electron chi connectivity index (χ4n) is 4.22. The molecule has 0 spiro atoms. The van der Waals surface area contributed by atoms with Crippen molar-refractivity contribution in [1.29, 1.82) is 0 Å². The number of allylic oxidation sites excluding steroid dienone is 3. The highest BCUT2D eigenvalue weighted by atomic mass is 14.3. The predicted octanol–water partition coefficient (Wildman–Crippen LogP) is 8.24. The van der Waals surface area contributed by atoms with Crippen molar-refractivity contribution < 1.29 is 0 Å². The van der Waals surface area contributed by atoms with Crippen LogP contribution in [0, 0.1) is 11.8 Å². The lowest BCUT2D eigenvalue weighted by Crippen LogP contribution is -2.20. The topological polar surface area (TPSA) is 0 Å². The monoisotopic (exact) mass is 318 g/mol. The van der Waals surface area contributed by atoms with Gasteiger partial charge in [-0.25, -0.2) is 0 Å². The first-order chi connectivity index (χ1) is 11.1. The molecule has 23 heavy (non-hydrogen) atoms. The van der Waals surface area contributed by atoms with Crippen LogP contribution in [0.15, 0.2) is 23.3 Å². The van der Waals surface area contributed by atoms with Crippen molar-refractivity contribution in [3.8, 4) is 0 Å². The molecule has 0 nitrogen and oxygen atoms in total. The Bertz CT molecular complexity index is 360. The summed E-state index contributed by atoms with van der Waals surface area (Å²) in [6.07, 6.45) is 18.4. The fraction of sp³-hybridized carbons (Fsp3) is 0.826. The van der Waals surface area contributed by atoms with E-state index in [1.54, 1.807) is 11.1 Å². The molecule has 0 aliphatic heterocycles. The molecule has 0 aromatic rings. The lowest BCUT2D eigenvalue weighted by Gasteiger charge is -2.32. The minimum atomic E-state index is 0.722. The number of rotatable bonds is 12. The van der Waals surface area contributed by atoms with Gasteiger partial charge in [-0.2, -0.15) is 0 Å². The minimum Gasteiger partial charge on any atom is -0.0998 e. The molecule has 0 heteroatoms. The summed E-state index contributed by atoms with van der Waals surface area (Å²) in [4.78, 5) is 0. The lowest BCUT2D eigenvalue weighted by molar-refractivity contribution is 0.398. The molecule has 134 valence electrons. The zero-order chi connectivity index (χ0) is 17.1. The van der Waals surface area contributed by atoms with Crippen LogP contribution in [0.3, 0.4) is 0 Å². The first-order valence-corrected chi connectivity index (χ1v) is 10.4. The van der Waals surface area contributed by atoms with Gasteiger partial charge in [0.15, 0.2) is 0 Å². The molecular weight excluding hydrogens is 276 g/mol. The molecule has 0 fully saturated rings. The highest BCUT2D eigenvalue weighted by molar-refractivity contribution is 5.22. The van der Waals surface area contributed by atoms with E-state index in [1.807, 2.05) is 0 Å². The number of hydrogen-bond acceptors (Lipinski definition) is 0. The Labute approximate surface area is 146 Å². The van der Waals surface area contributed by atoms with Gasteiger partial charge in [0.1, 0.15) is 0 Å². The molecule has 0 aromatic heterocycles. The van der Waals surface area contributed by atoms with Crippen molar-refractivity contribution in [2.45, 2.75) is 111 Å². The Morgan fingerprint density at radius 2 is 1.48 bits per heavy atom. The molecule has 0 radical (unpaired) electrons. The average molecular weight is 319 g/mol. The Kier molecular flexibility index (Phi) is 10.6. The standard InChI is InChI=1S/C23H42/c1-6-7-8-9-10-11-12-13-14-15-16-22-17-18-23(19(2)3)21(5)20(22)4/h21,23H,2,6-18H2,1,3-5H3. The summed E-state index contributed by atoms with van der Waals surface area (Å²) in [6, 6.07) is 0. The largest absolute Gasteiger partial charge is 0.0998 e. The van der Waals surface area contributed by atoms with Crippen LogP contribution in [-0.2, 0) is 0 Å². The Morgan fingerprint density at radius 1 is 0.957 bits per heavy atom. The van der Waals surface area contributed by atoms with Crippen molar-refractivity contribution in [2.24, 2.45) is 11.8 Å². The van der Waals surface area contributed by atoms with Gasteiger partial charge in [-0.1, -0.05) is 94.9 Å². The zero-order valence-electron chi connectivity index (χ0n) is 16.6. The molecule has 1 aliphatic carbocycles. The van der Waals surface area contributed by atoms with E-state index in [-0.39, 0.29) is 0 Å². The maximum atomic E-state index is 4.19. The summed E-state index contributed by atoms with van der Waals surface area (Å²) in [5, 5.41) is 0. The van der Waals surface area contributed by atoms with Gasteiger partial charge in [-0.05, 0) is 51.4 Å². The lowest BCUT2D eigenvalue weighted by atomic mass is 9.73. The van der Waals surface area contributed by atoms with Crippen molar-refractivity contribution >= 4 is 0 Å². The first-order valence-electron chi connectivity index (χ1n) is 10.4. The molecule has 0 bridgehead atoms. The molecule has 0 amide bonds. The Balaban J connectivity index is 2.10. The molecule has 2 atom stereocenters. The van der Waals surface area contributed by atoms with Crippen LogP contribution in [0.4, 0.5) is 0 Å². The van der Waals surface area contributed by atoms with E-state index in [0.717, 1.165) is 11.8 Å². The average Bonchev–Trinajstić information content (AvgIpc) is 2.52. The van der Waals surface area contributed by atoms with Crippen molar-refractivity contribution in [3.05, 3.63) is 23.3 Å². The van der Waals surface area contributed by atoms with Crippen LogP contribution in [0.25, 0.3) is 0 Å². The van der Waals surface area contributed by atoms with Crippen LogP contribution < -0.4 is 0 Å². The second-order valence-electron chi connectivity index (χ2n) is 8.00. The molecule has 0 N–H and O–H groups in total. The summed E-state index contributed by atoms with van der Waals surface area (Å²) in [6.45, 7) is 13.5. The van der Waals surface area contributed by atoms with Crippen molar-refractivity contribution in [2.75, 3.05) is 0 Å². The van der Waals surface area contributed by atoms with Gasteiger partial charge in [-0.3, -0.25) is 0 Å². The third kappa shape index (κ3) is 7.73. The van der Waals surface area contributed by atoms with E-state index >= 15 is 0 Å². The van der Waals surface area contributed by atoms with Crippen molar-refractivity contribution in [3.63, 3.8) is 0 Å². The minimum absolute atomic E-state index is 0.722. The van der Waals surface area contributed by atoms with Crippen LogP contribution in [0.5, 0.6) is 0 Å². The van der Waals surface area contributed by atoms with Gasteiger partial charge >= 0.3 is 0 Å². The van der Waals surface area contributed by atoms with Crippen LogP contribution in [0.2, 0.25) is 0 Å². The quantitative estimate of drug-likeness (QED) is 0.251. The van der Waals surface area contributed by atoms with Gasteiger partial charge in [0.25, 0.3) is 0 Å². The first kappa shape index (κ1) is 20.5. The van der Waals surface area contributed by atoms with E-state index in [0.29, 0.717) is 0 Å². The van der Waals surface area contributed by atoms with Crippen LogP contribution in [-0.4, -0.2) is 0 Å². The number of unbranched alkanes of at least 4 members (excludes halogenated alkanes) is 9. The van der Waals surface area contributed by atoms with Gasteiger partial charge in [0, 0.05) is 0 Å². The van der Waals surface area contributed by atoms with E-state index in [1.165, 1.54) is 89.0 Å². The maximum Gasteiger partial charge on any atom is -0.0143 e. The zero-order valence-corrected chi connectivity index (χ0v) is 16.6. The second kappa shape index (κ2) is 11.9. The van der Waals surface area contributed by atoms with Crippen LogP contribution >= 0.6 is 0 Å². The number of hydrogen-bond donors (Lipinski definition) is 0. The molecule has 0 saturated heterocycles. The highest BCUT2D eigenvalue weighted by Crippen LogP contribution is 2.39. The highest BCUT2D eigenvalue weighted by Gasteiger charge is 2.25. The summed E-state index contributed by atoms with van der Waals surface area (Å²) in [7, 11) is 0. The van der Waals surface area contributed by atoms with E-state index < -0.39 is 0 Å². The summed E-state index contributed by atoms with van der Waals surface area (Å²) in [5.41, 5.74) is 4.84. The van der Waals surface area contributed by atoms with Gasteiger partial charge in [0.05, 0.1) is 0 Å². The molecular formula is C23H42. The van der Waals surface area contributed by atoms with Crippen LogP contribution in [0.1, 0.15) is 111 Å². The Morgan fingerprint density at radius 3 is 2.00 bits per heavy atom. The summed E-state index contributed by atoms with van der Waals surface area (Å²) >= 11 is 0. The normalized spacial score (nSPS) is 21.7. The third-order valence-electron chi connectivity index (χ3n) is 6.07. The van der Waals surface area contributed by atoms with Crippen molar-refractivity contribution in [1.82, 2.24) is 0 Å². The fourth-order valence-corrected chi connectivity index (χ4v) is 4.22. The van der Waals surface area contributed by atoms with Gasteiger partial charge in [-0.15, -0.1) is 0 Å².